The Kier molecular flexibility index (Phi) is 12.1. The molecule has 1 aliphatic heterocycles. The Morgan fingerprint density at radius 3 is 2.68 bits per heavy atom. The summed E-state index contributed by atoms with van der Waals surface area (Å²) in [6, 6.07) is 4.70. The number of morpholine rings is 1. The number of nitrogens with zero attached hydrogens (tertiary/aromatic N) is 2. The van der Waals surface area contributed by atoms with Crippen molar-refractivity contribution in [1.82, 2.24) is 15.5 Å². The van der Waals surface area contributed by atoms with E-state index >= 15 is 0 Å². The highest BCUT2D eigenvalue weighted by molar-refractivity contribution is 14.0. The van der Waals surface area contributed by atoms with Gasteiger partial charge in [0, 0.05) is 38.3 Å². The zero-order chi connectivity index (χ0) is 19.5. The van der Waals surface area contributed by atoms with Crippen LogP contribution in [0.2, 0.25) is 0 Å². The zero-order valence-electron chi connectivity index (χ0n) is 16.2. The molecular formula is C18H29F2IN4O3. The van der Waals surface area contributed by atoms with Crippen LogP contribution >= 0.6 is 24.0 Å². The molecule has 10 heteroatoms. The first-order valence-electron chi connectivity index (χ1n) is 9.06. The Labute approximate surface area is 181 Å². The number of rotatable bonds is 9. The smallest absolute Gasteiger partial charge is 0.387 e. The second-order valence-electron chi connectivity index (χ2n) is 5.93. The van der Waals surface area contributed by atoms with Crippen molar-refractivity contribution in [3.63, 3.8) is 0 Å². The number of hydrogen-bond donors (Lipinski definition) is 2. The third kappa shape index (κ3) is 8.74. The number of nitrogens with one attached hydrogen (secondary N) is 2. The normalized spacial score (nSPS) is 15.1. The summed E-state index contributed by atoms with van der Waals surface area (Å²) >= 11 is 0. The molecule has 2 N–H and O–H groups in total. The molecule has 0 aliphatic carbocycles. The summed E-state index contributed by atoms with van der Waals surface area (Å²) in [4.78, 5) is 6.80. The summed E-state index contributed by atoms with van der Waals surface area (Å²) in [7, 11) is 1.52. The maximum atomic E-state index is 12.6. The lowest BCUT2D eigenvalue weighted by Gasteiger charge is -2.26. The molecule has 0 unspecified atom stereocenters. The number of hydrogen-bond acceptors (Lipinski definition) is 5. The van der Waals surface area contributed by atoms with Crippen LogP contribution in [0.25, 0.3) is 0 Å². The van der Waals surface area contributed by atoms with E-state index in [-0.39, 0.29) is 36.3 Å². The van der Waals surface area contributed by atoms with Gasteiger partial charge in [0.1, 0.15) is 11.5 Å². The van der Waals surface area contributed by atoms with Gasteiger partial charge in [0.2, 0.25) is 0 Å². The number of alkyl halides is 2. The average Bonchev–Trinajstić information content (AvgIpc) is 2.67. The van der Waals surface area contributed by atoms with E-state index in [0.717, 1.165) is 39.4 Å². The van der Waals surface area contributed by atoms with E-state index in [1.807, 2.05) is 6.92 Å². The van der Waals surface area contributed by atoms with Gasteiger partial charge in [0.15, 0.2) is 5.96 Å². The third-order valence-corrected chi connectivity index (χ3v) is 4.06. The summed E-state index contributed by atoms with van der Waals surface area (Å²) in [6.45, 7) is 4.94. The first-order chi connectivity index (χ1) is 13.1. The molecule has 1 heterocycles. The molecule has 0 bridgehead atoms. The van der Waals surface area contributed by atoms with Crippen LogP contribution in [0.5, 0.6) is 11.5 Å². The molecule has 1 aromatic rings. The van der Waals surface area contributed by atoms with Crippen LogP contribution < -0.4 is 20.1 Å². The summed E-state index contributed by atoms with van der Waals surface area (Å²) in [5, 5.41) is 6.42. The summed E-state index contributed by atoms with van der Waals surface area (Å²) < 4.78 is 40.3. The standard InChI is InChI=1S/C18H28F2N4O3.HI/c1-3-21-18(22-6-7-24-8-10-26-11-9-24)23-13-14-12-15(25-2)4-5-16(14)27-17(19)20;/h4-5,12,17H,3,6-11,13H2,1-2H3,(H2,21,22,23);1H. The van der Waals surface area contributed by atoms with Crippen LogP contribution in [0.1, 0.15) is 12.5 Å². The van der Waals surface area contributed by atoms with Gasteiger partial charge >= 0.3 is 6.61 Å². The third-order valence-electron chi connectivity index (χ3n) is 4.06. The monoisotopic (exact) mass is 514 g/mol. The van der Waals surface area contributed by atoms with Crippen molar-refractivity contribution in [2.24, 2.45) is 4.99 Å². The van der Waals surface area contributed by atoms with E-state index < -0.39 is 6.61 Å². The molecular weight excluding hydrogens is 485 g/mol. The quantitative estimate of drug-likeness (QED) is 0.300. The molecule has 2 rings (SSSR count). The van der Waals surface area contributed by atoms with E-state index in [2.05, 4.69) is 25.3 Å². The fraction of sp³-hybridized carbons (Fsp3) is 0.611. The minimum Gasteiger partial charge on any atom is -0.497 e. The van der Waals surface area contributed by atoms with Crippen molar-refractivity contribution in [3.05, 3.63) is 23.8 Å². The molecule has 160 valence electrons. The molecule has 1 saturated heterocycles. The van der Waals surface area contributed by atoms with Gasteiger partial charge in [-0.1, -0.05) is 0 Å². The van der Waals surface area contributed by atoms with Gasteiger partial charge < -0.3 is 24.8 Å². The van der Waals surface area contributed by atoms with Crippen LogP contribution in [0.4, 0.5) is 8.78 Å². The Morgan fingerprint density at radius 1 is 1.29 bits per heavy atom. The van der Waals surface area contributed by atoms with Crippen molar-refractivity contribution in [2.45, 2.75) is 20.1 Å². The topological polar surface area (TPSA) is 67.4 Å². The molecule has 0 amide bonds. The Bertz CT molecular complexity index is 602. The van der Waals surface area contributed by atoms with Gasteiger partial charge in [-0.3, -0.25) is 4.90 Å². The highest BCUT2D eigenvalue weighted by Crippen LogP contribution is 2.26. The van der Waals surface area contributed by atoms with Crippen molar-refractivity contribution in [1.29, 1.82) is 0 Å². The van der Waals surface area contributed by atoms with Crippen LogP contribution in [-0.2, 0) is 11.3 Å². The minimum absolute atomic E-state index is 0. The highest BCUT2D eigenvalue weighted by atomic mass is 127. The molecule has 1 aliphatic rings. The van der Waals surface area contributed by atoms with Crippen molar-refractivity contribution in [3.8, 4) is 11.5 Å². The fourth-order valence-corrected chi connectivity index (χ4v) is 2.68. The van der Waals surface area contributed by atoms with E-state index in [0.29, 0.717) is 23.8 Å². The molecule has 0 spiro atoms. The summed E-state index contributed by atoms with van der Waals surface area (Å²) in [5.74, 6) is 1.28. The zero-order valence-corrected chi connectivity index (χ0v) is 18.6. The first-order valence-corrected chi connectivity index (χ1v) is 9.06. The number of methoxy groups -OCH3 is 1. The first kappa shape index (κ1) is 24.6. The lowest BCUT2D eigenvalue weighted by atomic mass is 10.2. The van der Waals surface area contributed by atoms with Crippen molar-refractivity contribution < 1.29 is 23.0 Å². The number of guanidine groups is 1. The lowest BCUT2D eigenvalue weighted by Crippen LogP contribution is -2.44. The molecule has 7 nitrogen and oxygen atoms in total. The second-order valence-corrected chi connectivity index (χ2v) is 5.93. The Morgan fingerprint density at radius 2 is 2.04 bits per heavy atom. The maximum absolute atomic E-state index is 12.6. The average molecular weight is 514 g/mol. The van der Waals surface area contributed by atoms with Crippen LogP contribution in [-0.4, -0.2) is 70.5 Å². The number of ether oxygens (including phenoxy) is 3. The lowest BCUT2D eigenvalue weighted by molar-refractivity contribution is -0.0504. The molecule has 28 heavy (non-hydrogen) atoms. The predicted molar refractivity (Wildman–Crippen MR) is 115 cm³/mol. The fourth-order valence-electron chi connectivity index (χ4n) is 2.68. The van der Waals surface area contributed by atoms with Crippen LogP contribution in [0, 0.1) is 0 Å². The van der Waals surface area contributed by atoms with Crippen molar-refractivity contribution >= 4 is 29.9 Å². The van der Waals surface area contributed by atoms with Gasteiger partial charge in [-0.15, -0.1) is 24.0 Å². The number of benzene rings is 1. The molecule has 0 radical (unpaired) electrons. The molecule has 0 atom stereocenters. The van der Waals surface area contributed by atoms with E-state index in [1.165, 1.54) is 13.2 Å². The SMILES string of the molecule is CCNC(=NCc1cc(OC)ccc1OC(F)F)NCCN1CCOCC1.I. The highest BCUT2D eigenvalue weighted by Gasteiger charge is 2.12. The summed E-state index contributed by atoms with van der Waals surface area (Å²) in [6.07, 6.45) is 0. The van der Waals surface area contributed by atoms with Gasteiger partial charge in [0.25, 0.3) is 0 Å². The summed E-state index contributed by atoms with van der Waals surface area (Å²) in [5.41, 5.74) is 0.528. The Hall–Kier alpha value is -1.40. The van der Waals surface area contributed by atoms with Gasteiger partial charge in [-0.05, 0) is 25.1 Å². The van der Waals surface area contributed by atoms with E-state index in [1.54, 1.807) is 12.1 Å². The predicted octanol–water partition coefficient (Wildman–Crippen LogP) is 2.30. The Balaban J connectivity index is 0.00000392. The van der Waals surface area contributed by atoms with E-state index in [4.69, 9.17) is 9.47 Å². The van der Waals surface area contributed by atoms with Gasteiger partial charge in [0.05, 0.1) is 26.9 Å². The largest absolute Gasteiger partial charge is 0.497 e. The molecule has 1 fully saturated rings. The minimum atomic E-state index is -2.89. The van der Waals surface area contributed by atoms with Crippen molar-refractivity contribution in [2.75, 3.05) is 53.0 Å². The molecule has 0 saturated carbocycles. The van der Waals surface area contributed by atoms with Crippen LogP contribution in [0.3, 0.4) is 0 Å². The maximum Gasteiger partial charge on any atom is 0.387 e. The molecule has 1 aromatic carbocycles. The van der Waals surface area contributed by atoms with E-state index in [9.17, 15) is 8.78 Å². The second kappa shape index (κ2) is 13.7. The molecule has 0 aromatic heterocycles. The van der Waals surface area contributed by atoms with Gasteiger partial charge in [-0.25, -0.2) is 4.99 Å². The van der Waals surface area contributed by atoms with Gasteiger partial charge in [-0.2, -0.15) is 8.78 Å². The number of halogens is 3. The van der Waals surface area contributed by atoms with Crippen LogP contribution in [0.15, 0.2) is 23.2 Å². The number of aliphatic imine (C=N–C) groups is 1.